The lowest BCUT2D eigenvalue weighted by molar-refractivity contribution is -0.130. The van der Waals surface area contributed by atoms with Gasteiger partial charge in [-0.05, 0) is 32.1 Å². The molecule has 0 radical (unpaired) electrons. The van der Waals surface area contributed by atoms with Gasteiger partial charge in [-0.1, -0.05) is 37.3 Å². The average molecular weight is 424 g/mol. The van der Waals surface area contributed by atoms with Crippen LogP contribution in [-0.2, 0) is 21.2 Å². The van der Waals surface area contributed by atoms with Crippen molar-refractivity contribution in [2.75, 3.05) is 20.1 Å². The van der Waals surface area contributed by atoms with Crippen LogP contribution in [0.2, 0.25) is 0 Å². The average Bonchev–Trinajstić information content (AvgIpc) is 3.49. The molecule has 0 bridgehead atoms. The standard InChI is InChI=1S/C21H33N3O4S/c1-22-20(25)21(11-12-24(15-21)29(26,27)18-9-5-6-10-18)14-17-13-19(23-28-17)16-7-3-2-4-8-16/h13,16,18H,2-12,14-15H2,1H3,(H,22,25). The van der Waals surface area contributed by atoms with Crippen LogP contribution in [0.15, 0.2) is 10.6 Å². The van der Waals surface area contributed by atoms with Gasteiger partial charge in [0.05, 0.1) is 16.4 Å². The lowest BCUT2D eigenvalue weighted by Crippen LogP contribution is -2.45. The second kappa shape index (κ2) is 8.38. The maximum Gasteiger partial charge on any atom is 0.227 e. The Bertz CT molecular complexity index is 825. The van der Waals surface area contributed by atoms with E-state index in [9.17, 15) is 13.2 Å². The monoisotopic (exact) mass is 423 g/mol. The highest BCUT2D eigenvalue weighted by Gasteiger charge is 2.50. The van der Waals surface area contributed by atoms with Crippen LogP contribution < -0.4 is 5.32 Å². The fourth-order valence-electron chi connectivity index (χ4n) is 5.46. The van der Waals surface area contributed by atoms with Gasteiger partial charge >= 0.3 is 0 Å². The van der Waals surface area contributed by atoms with Gasteiger partial charge in [-0.3, -0.25) is 4.79 Å². The van der Waals surface area contributed by atoms with Gasteiger partial charge in [0.1, 0.15) is 5.76 Å². The summed E-state index contributed by atoms with van der Waals surface area (Å²) >= 11 is 0. The van der Waals surface area contributed by atoms with Crippen LogP contribution >= 0.6 is 0 Å². The molecule has 8 heteroatoms. The van der Waals surface area contributed by atoms with Gasteiger partial charge in [0.2, 0.25) is 15.9 Å². The first-order chi connectivity index (χ1) is 13.9. The van der Waals surface area contributed by atoms with E-state index in [0.29, 0.717) is 31.1 Å². The van der Waals surface area contributed by atoms with Gasteiger partial charge in [-0.2, -0.15) is 0 Å². The highest BCUT2D eigenvalue weighted by molar-refractivity contribution is 7.89. The van der Waals surface area contributed by atoms with Crippen molar-refractivity contribution < 1.29 is 17.7 Å². The largest absolute Gasteiger partial charge is 0.361 e. The summed E-state index contributed by atoms with van der Waals surface area (Å²) in [5.41, 5.74) is 0.198. The Kier molecular flexibility index (Phi) is 6.02. The minimum atomic E-state index is -3.35. The molecule has 1 amide bonds. The molecule has 2 saturated carbocycles. The number of carbonyl (C=O) groups excluding carboxylic acids is 1. The van der Waals surface area contributed by atoms with Crippen molar-refractivity contribution in [1.82, 2.24) is 14.8 Å². The molecule has 3 aliphatic rings. The van der Waals surface area contributed by atoms with Crippen molar-refractivity contribution in [2.24, 2.45) is 5.41 Å². The van der Waals surface area contributed by atoms with Crippen molar-refractivity contribution >= 4 is 15.9 Å². The highest BCUT2D eigenvalue weighted by Crippen LogP contribution is 2.39. The number of aromatic nitrogens is 1. The quantitative estimate of drug-likeness (QED) is 0.759. The molecule has 1 aromatic heterocycles. The number of carbonyl (C=O) groups is 1. The van der Waals surface area contributed by atoms with Crippen molar-refractivity contribution in [3.8, 4) is 0 Å². The smallest absolute Gasteiger partial charge is 0.227 e. The number of hydrogen-bond acceptors (Lipinski definition) is 5. The third-order valence-corrected chi connectivity index (χ3v) is 9.57. The summed E-state index contributed by atoms with van der Waals surface area (Å²) in [5, 5.41) is 6.76. The summed E-state index contributed by atoms with van der Waals surface area (Å²) in [6.45, 7) is 0.626. The molecule has 2 aliphatic carbocycles. The minimum Gasteiger partial charge on any atom is -0.361 e. The zero-order valence-corrected chi connectivity index (χ0v) is 18.2. The molecule has 162 valence electrons. The van der Waals surface area contributed by atoms with Crippen LogP contribution in [-0.4, -0.2) is 49.2 Å². The first-order valence-corrected chi connectivity index (χ1v) is 12.6. The number of sulfonamides is 1. The van der Waals surface area contributed by atoms with E-state index >= 15 is 0 Å². The Balaban J connectivity index is 1.51. The van der Waals surface area contributed by atoms with Crippen molar-refractivity contribution in [2.45, 2.75) is 81.8 Å². The molecule has 0 spiro atoms. The van der Waals surface area contributed by atoms with Crippen LogP contribution in [0.4, 0.5) is 0 Å². The van der Waals surface area contributed by atoms with E-state index < -0.39 is 15.4 Å². The fraction of sp³-hybridized carbons (Fsp3) is 0.810. The Morgan fingerprint density at radius 1 is 1.21 bits per heavy atom. The summed E-state index contributed by atoms with van der Waals surface area (Å²) in [7, 11) is -1.73. The van der Waals surface area contributed by atoms with Gasteiger partial charge in [0.25, 0.3) is 0 Å². The van der Waals surface area contributed by atoms with Crippen LogP contribution in [0, 0.1) is 5.41 Å². The molecule has 0 aromatic carbocycles. The number of rotatable bonds is 6. The molecular formula is C21H33N3O4S. The Labute approximate surface area is 173 Å². The fourth-order valence-corrected chi connectivity index (χ4v) is 7.58. The Hall–Kier alpha value is -1.41. The molecule has 7 nitrogen and oxygen atoms in total. The topological polar surface area (TPSA) is 92.5 Å². The second-order valence-corrected chi connectivity index (χ2v) is 11.3. The van der Waals surface area contributed by atoms with Gasteiger partial charge < -0.3 is 9.84 Å². The molecule has 2 heterocycles. The summed E-state index contributed by atoms with van der Waals surface area (Å²) in [6.07, 6.45) is 10.3. The van der Waals surface area contributed by atoms with Crippen LogP contribution in [0.1, 0.15) is 81.6 Å². The lowest BCUT2D eigenvalue weighted by atomic mass is 9.81. The molecule has 3 fully saturated rings. The maximum atomic E-state index is 13.1. The lowest BCUT2D eigenvalue weighted by Gasteiger charge is -2.27. The summed E-state index contributed by atoms with van der Waals surface area (Å²) in [5.74, 6) is 1.02. The zero-order chi connectivity index (χ0) is 20.5. The number of hydrogen-bond donors (Lipinski definition) is 1. The molecule has 1 saturated heterocycles. The molecule has 29 heavy (non-hydrogen) atoms. The van der Waals surface area contributed by atoms with E-state index in [1.54, 1.807) is 11.4 Å². The van der Waals surface area contributed by atoms with E-state index in [-0.39, 0.29) is 17.7 Å². The van der Waals surface area contributed by atoms with Gasteiger partial charge in [0.15, 0.2) is 0 Å². The van der Waals surface area contributed by atoms with Crippen molar-refractivity contribution in [3.05, 3.63) is 17.5 Å². The summed E-state index contributed by atoms with van der Waals surface area (Å²) in [6, 6.07) is 1.99. The predicted octanol–water partition coefficient (Wildman–Crippen LogP) is 2.98. The molecule has 1 unspecified atom stereocenters. The number of nitrogens with zero attached hydrogens (tertiary/aromatic N) is 2. The normalized spacial score (nSPS) is 27.5. The van der Waals surface area contributed by atoms with E-state index in [0.717, 1.165) is 44.2 Å². The molecule has 1 aliphatic heterocycles. The van der Waals surface area contributed by atoms with E-state index in [2.05, 4.69) is 10.5 Å². The minimum absolute atomic E-state index is 0.114. The van der Waals surface area contributed by atoms with Crippen LogP contribution in [0.3, 0.4) is 0 Å². The molecule has 1 aromatic rings. The number of nitrogens with one attached hydrogen (secondary N) is 1. The molecular weight excluding hydrogens is 390 g/mol. The third kappa shape index (κ3) is 4.10. The predicted molar refractivity (Wildman–Crippen MR) is 110 cm³/mol. The highest BCUT2D eigenvalue weighted by atomic mass is 32.2. The summed E-state index contributed by atoms with van der Waals surface area (Å²) in [4.78, 5) is 12.8. The van der Waals surface area contributed by atoms with Gasteiger partial charge in [-0.15, -0.1) is 0 Å². The molecule has 1 N–H and O–H groups in total. The van der Waals surface area contributed by atoms with Crippen molar-refractivity contribution in [1.29, 1.82) is 0 Å². The first-order valence-electron chi connectivity index (χ1n) is 11.1. The van der Waals surface area contributed by atoms with E-state index in [1.807, 2.05) is 6.07 Å². The molecule has 4 rings (SSSR count). The maximum absolute atomic E-state index is 13.1. The van der Waals surface area contributed by atoms with Crippen LogP contribution in [0.5, 0.6) is 0 Å². The SMILES string of the molecule is CNC(=O)C1(Cc2cc(C3CCCCC3)no2)CCN(S(=O)(=O)C2CCCC2)C1. The third-order valence-electron chi connectivity index (χ3n) is 7.22. The van der Waals surface area contributed by atoms with Gasteiger partial charge in [0, 0.05) is 38.5 Å². The van der Waals surface area contributed by atoms with Crippen LogP contribution in [0.25, 0.3) is 0 Å². The number of amides is 1. The second-order valence-electron chi connectivity index (χ2n) is 9.12. The Morgan fingerprint density at radius 2 is 1.90 bits per heavy atom. The van der Waals surface area contributed by atoms with Crippen molar-refractivity contribution in [3.63, 3.8) is 0 Å². The first kappa shape index (κ1) is 20.8. The van der Waals surface area contributed by atoms with E-state index in [1.165, 1.54) is 19.3 Å². The molecule has 1 atom stereocenters. The van der Waals surface area contributed by atoms with Gasteiger partial charge in [-0.25, -0.2) is 12.7 Å². The summed E-state index contributed by atoms with van der Waals surface area (Å²) < 4.78 is 33.3. The zero-order valence-electron chi connectivity index (χ0n) is 17.4. The van der Waals surface area contributed by atoms with E-state index in [4.69, 9.17) is 4.52 Å². The Morgan fingerprint density at radius 3 is 2.59 bits per heavy atom.